The summed E-state index contributed by atoms with van der Waals surface area (Å²) in [6.07, 6.45) is 1.41. The summed E-state index contributed by atoms with van der Waals surface area (Å²) in [6, 6.07) is 8.20. The number of amides is 3. The number of ether oxygens (including phenoxy) is 3. The van der Waals surface area contributed by atoms with Crippen molar-refractivity contribution in [2.45, 2.75) is 19.9 Å². The summed E-state index contributed by atoms with van der Waals surface area (Å²) in [5, 5.41) is 6.03. The lowest BCUT2D eigenvalue weighted by molar-refractivity contribution is 0.0995. The number of rotatable bonds is 7. The van der Waals surface area contributed by atoms with Crippen molar-refractivity contribution in [1.82, 2.24) is 4.90 Å². The van der Waals surface area contributed by atoms with E-state index in [4.69, 9.17) is 18.6 Å². The molecule has 0 bridgehead atoms. The maximum absolute atomic E-state index is 13.5. The van der Waals surface area contributed by atoms with E-state index in [1.54, 1.807) is 36.1 Å². The number of nitrogens with zero attached hydrogens (tertiary/aromatic N) is 1. The molecule has 184 valence electrons. The predicted octanol–water partition coefficient (Wildman–Crippen LogP) is 4.38. The number of carbonyl (C=O) groups is 3. The number of benzene rings is 1. The molecule has 1 aliphatic heterocycles. The van der Waals surface area contributed by atoms with Crippen LogP contribution in [0.15, 0.2) is 41.0 Å². The van der Waals surface area contributed by atoms with Crippen LogP contribution in [0.25, 0.3) is 0 Å². The highest BCUT2D eigenvalue weighted by atomic mass is 32.1. The Balaban J connectivity index is 1.68. The maximum atomic E-state index is 13.5. The molecule has 2 N–H and O–H groups in total. The standard InChI is InChI=1S/C24H25N3O7S/c1-4-33-24(30)27-10-9-15-19(13-27)35-23(26-21(28)18-6-5-11-34-18)20(15)22(29)25-16-12-14(31-2)7-8-17(16)32-3/h5-8,11-12H,4,9-10,13H2,1-3H3,(H,25,29)(H,26,28). The first kappa shape index (κ1) is 24.1. The summed E-state index contributed by atoms with van der Waals surface area (Å²) in [6.45, 7) is 2.68. The van der Waals surface area contributed by atoms with Gasteiger partial charge < -0.3 is 34.2 Å². The van der Waals surface area contributed by atoms with Crippen LogP contribution in [-0.2, 0) is 17.7 Å². The van der Waals surface area contributed by atoms with Crippen LogP contribution in [0, 0.1) is 0 Å². The zero-order valence-corrected chi connectivity index (χ0v) is 20.3. The Morgan fingerprint density at radius 3 is 2.63 bits per heavy atom. The summed E-state index contributed by atoms with van der Waals surface area (Å²) >= 11 is 1.24. The van der Waals surface area contributed by atoms with Gasteiger partial charge in [-0.25, -0.2) is 4.79 Å². The zero-order valence-electron chi connectivity index (χ0n) is 19.5. The summed E-state index contributed by atoms with van der Waals surface area (Å²) in [4.78, 5) is 40.9. The lowest BCUT2D eigenvalue weighted by Gasteiger charge is -2.26. The molecule has 0 unspecified atom stereocenters. The summed E-state index contributed by atoms with van der Waals surface area (Å²) < 4.78 is 21.0. The molecule has 0 fully saturated rings. The van der Waals surface area contributed by atoms with E-state index in [1.807, 2.05) is 0 Å². The highest BCUT2D eigenvalue weighted by molar-refractivity contribution is 7.17. The van der Waals surface area contributed by atoms with Crippen molar-refractivity contribution in [2.75, 3.05) is 38.0 Å². The highest BCUT2D eigenvalue weighted by Gasteiger charge is 2.31. The lowest BCUT2D eigenvalue weighted by Crippen LogP contribution is -2.36. The molecular formula is C24H25N3O7S. The molecule has 3 heterocycles. The number of carbonyl (C=O) groups excluding carboxylic acids is 3. The van der Waals surface area contributed by atoms with Crippen molar-refractivity contribution in [2.24, 2.45) is 0 Å². The molecule has 0 spiro atoms. The van der Waals surface area contributed by atoms with Crippen LogP contribution >= 0.6 is 11.3 Å². The first-order valence-electron chi connectivity index (χ1n) is 10.9. The van der Waals surface area contributed by atoms with Gasteiger partial charge in [-0.15, -0.1) is 11.3 Å². The Kier molecular flexibility index (Phi) is 7.25. The monoisotopic (exact) mass is 499 g/mol. The number of fused-ring (bicyclic) bond motifs is 1. The van der Waals surface area contributed by atoms with Crippen LogP contribution < -0.4 is 20.1 Å². The topological polar surface area (TPSA) is 119 Å². The lowest BCUT2D eigenvalue weighted by atomic mass is 10.0. The molecule has 10 nitrogen and oxygen atoms in total. The summed E-state index contributed by atoms with van der Waals surface area (Å²) in [5.41, 5.74) is 1.52. The van der Waals surface area contributed by atoms with Crippen LogP contribution in [0.5, 0.6) is 11.5 Å². The van der Waals surface area contributed by atoms with Gasteiger partial charge in [-0.2, -0.15) is 0 Å². The SMILES string of the molecule is CCOC(=O)N1CCc2c(sc(NC(=O)c3ccco3)c2C(=O)Nc2cc(OC)ccc2OC)C1. The van der Waals surface area contributed by atoms with Crippen LogP contribution in [0.2, 0.25) is 0 Å². The molecule has 0 saturated carbocycles. The van der Waals surface area contributed by atoms with Crippen molar-refractivity contribution in [3.05, 3.63) is 58.4 Å². The number of thiophene rings is 1. The highest BCUT2D eigenvalue weighted by Crippen LogP contribution is 2.39. The second-order valence-electron chi connectivity index (χ2n) is 7.53. The van der Waals surface area contributed by atoms with Gasteiger partial charge in [-0.3, -0.25) is 9.59 Å². The van der Waals surface area contributed by atoms with Crippen molar-refractivity contribution in [1.29, 1.82) is 0 Å². The van der Waals surface area contributed by atoms with Crippen LogP contribution in [-0.4, -0.2) is 50.2 Å². The third-order valence-corrected chi connectivity index (χ3v) is 6.57. The number of furan rings is 1. The van der Waals surface area contributed by atoms with Gasteiger partial charge in [-0.05, 0) is 43.2 Å². The first-order valence-corrected chi connectivity index (χ1v) is 11.7. The molecule has 1 aromatic carbocycles. The third-order valence-electron chi connectivity index (χ3n) is 5.44. The summed E-state index contributed by atoms with van der Waals surface area (Å²) in [7, 11) is 3.03. The maximum Gasteiger partial charge on any atom is 0.410 e. The molecule has 4 rings (SSSR count). The minimum atomic E-state index is -0.483. The van der Waals surface area contributed by atoms with Gasteiger partial charge in [0.05, 0.1) is 44.9 Å². The molecular weight excluding hydrogens is 474 g/mol. The van der Waals surface area contributed by atoms with Crippen LogP contribution in [0.3, 0.4) is 0 Å². The molecule has 1 aliphatic rings. The van der Waals surface area contributed by atoms with Crippen molar-refractivity contribution < 1.29 is 33.0 Å². The number of methoxy groups -OCH3 is 2. The van der Waals surface area contributed by atoms with Gasteiger partial charge in [0.2, 0.25) is 0 Å². The van der Waals surface area contributed by atoms with E-state index in [0.717, 1.165) is 10.4 Å². The minimum absolute atomic E-state index is 0.116. The minimum Gasteiger partial charge on any atom is -0.497 e. The van der Waals surface area contributed by atoms with Crippen molar-refractivity contribution in [3.63, 3.8) is 0 Å². The van der Waals surface area contributed by atoms with Crippen LogP contribution in [0.4, 0.5) is 15.5 Å². The Hall–Kier alpha value is -3.99. The first-order chi connectivity index (χ1) is 16.9. The molecule has 3 aromatic rings. The third kappa shape index (κ3) is 5.09. The van der Waals surface area contributed by atoms with Gasteiger partial charge in [0.15, 0.2) is 5.76 Å². The Morgan fingerprint density at radius 2 is 1.94 bits per heavy atom. The average molecular weight is 500 g/mol. The number of nitrogens with one attached hydrogen (secondary N) is 2. The normalized spacial score (nSPS) is 12.5. The van der Waals surface area contributed by atoms with E-state index in [2.05, 4.69) is 10.6 Å². The Labute approximate surface area is 205 Å². The van der Waals surface area contributed by atoms with E-state index in [1.165, 1.54) is 37.9 Å². The van der Waals surface area contributed by atoms with Crippen molar-refractivity contribution in [3.8, 4) is 11.5 Å². The van der Waals surface area contributed by atoms with Crippen molar-refractivity contribution >= 4 is 39.9 Å². The van der Waals surface area contributed by atoms with Gasteiger partial charge in [-0.1, -0.05) is 0 Å². The Morgan fingerprint density at radius 1 is 1.11 bits per heavy atom. The average Bonchev–Trinajstić information content (AvgIpc) is 3.51. The largest absolute Gasteiger partial charge is 0.497 e. The van der Waals surface area contributed by atoms with E-state index < -0.39 is 17.9 Å². The second kappa shape index (κ2) is 10.5. The van der Waals surface area contributed by atoms with Gasteiger partial charge in [0.1, 0.15) is 16.5 Å². The van der Waals surface area contributed by atoms with E-state index in [0.29, 0.717) is 40.7 Å². The molecule has 3 amide bonds. The van der Waals surface area contributed by atoms with Gasteiger partial charge in [0, 0.05) is 17.5 Å². The van der Waals surface area contributed by atoms with E-state index >= 15 is 0 Å². The van der Waals surface area contributed by atoms with E-state index in [9.17, 15) is 14.4 Å². The molecule has 0 aliphatic carbocycles. The molecule has 0 radical (unpaired) electrons. The molecule has 35 heavy (non-hydrogen) atoms. The fraction of sp³-hybridized carbons (Fsp3) is 0.292. The van der Waals surface area contributed by atoms with E-state index in [-0.39, 0.29) is 18.9 Å². The Bertz CT molecular complexity index is 1240. The van der Waals surface area contributed by atoms with Gasteiger partial charge >= 0.3 is 6.09 Å². The number of hydrogen-bond donors (Lipinski definition) is 2. The summed E-state index contributed by atoms with van der Waals surface area (Å²) in [5.74, 6) is 0.213. The quantitative estimate of drug-likeness (QED) is 0.495. The number of anilines is 2. The zero-order chi connectivity index (χ0) is 24.9. The molecule has 0 saturated heterocycles. The van der Waals surface area contributed by atoms with Crippen LogP contribution in [0.1, 0.15) is 38.3 Å². The molecule has 11 heteroatoms. The smallest absolute Gasteiger partial charge is 0.410 e. The second-order valence-corrected chi connectivity index (χ2v) is 8.64. The van der Waals surface area contributed by atoms with Gasteiger partial charge in [0.25, 0.3) is 11.8 Å². The molecule has 2 aromatic heterocycles. The molecule has 0 atom stereocenters. The predicted molar refractivity (Wildman–Crippen MR) is 130 cm³/mol. The fourth-order valence-electron chi connectivity index (χ4n) is 3.77. The fourth-order valence-corrected chi connectivity index (χ4v) is 5.03. The number of hydrogen-bond acceptors (Lipinski definition) is 8.